The second-order valence-corrected chi connectivity index (χ2v) is 26.1. The van der Waals surface area contributed by atoms with Gasteiger partial charge in [-0.3, -0.25) is 0 Å². The van der Waals surface area contributed by atoms with Crippen LogP contribution in [0.5, 0.6) is 46.0 Å². The van der Waals surface area contributed by atoms with Crippen molar-refractivity contribution in [1.82, 2.24) is 4.57 Å². The van der Waals surface area contributed by atoms with Crippen molar-refractivity contribution in [2.45, 2.75) is 27.7 Å². The highest BCUT2D eigenvalue weighted by Crippen LogP contribution is 2.51. The lowest BCUT2D eigenvalue weighted by Crippen LogP contribution is -2.59. The SMILES string of the molecule is Cc1ccc(C)c(N2c3cc(-c4ccccc4)oc3B3c4cc5c6cc7c(cc6n(-c6ccc8ccccc8c6)c5cc4Oc4cc(Oc5ccccc5)cc2c43)Oc2cc(Oc3ccccc3)cc3c2B7c2sc(-c4ccccc4)cc2N3c2cc(C)ccc2C)c1. The van der Waals surface area contributed by atoms with Gasteiger partial charge < -0.3 is 37.7 Å². The van der Waals surface area contributed by atoms with Gasteiger partial charge in [0.25, 0.3) is 6.71 Å². The Labute approximate surface area is 542 Å². The minimum Gasteiger partial charge on any atom is -0.468 e. The zero-order valence-corrected chi connectivity index (χ0v) is 52.1. The van der Waals surface area contributed by atoms with E-state index in [-0.39, 0.29) is 13.4 Å². The molecular formula is C82H55B2N3O5S. The molecule has 0 saturated heterocycles. The van der Waals surface area contributed by atoms with Crippen molar-refractivity contribution < 1.29 is 23.4 Å². The third kappa shape index (κ3) is 8.46. The summed E-state index contributed by atoms with van der Waals surface area (Å²) in [5.41, 5.74) is 21.0. The molecule has 0 radical (unpaired) electrons. The zero-order chi connectivity index (χ0) is 61.7. The van der Waals surface area contributed by atoms with Gasteiger partial charge in [0, 0.05) is 102 Å². The van der Waals surface area contributed by atoms with Crippen LogP contribution in [0.15, 0.2) is 265 Å². The predicted octanol–water partition coefficient (Wildman–Crippen LogP) is 18.6. The maximum Gasteiger partial charge on any atom is 0.301 e. The Morgan fingerprint density at radius 3 is 1.48 bits per heavy atom. The molecule has 0 N–H and O–H groups in total. The first-order valence-corrected chi connectivity index (χ1v) is 32.5. The van der Waals surface area contributed by atoms with Gasteiger partial charge >= 0.3 is 6.71 Å². The molecule has 3 aromatic heterocycles. The van der Waals surface area contributed by atoms with Gasteiger partial charge in [-0.25, -0.2) is 0 Å². The van der Waals surface area contributed by atoms with Crippen molar-refractivity contribution in [1.29, 1.82) is 0 Å². The average molecular weight is 1220 g/mol. The van der Waals surface area contributed by atoms with Crippen LogP contribution in [0.4, 0.5) is 34.1 Å². The quantitative estimate of drug-likeness (QED) is 0.133. The first-order chi connectivity index (χ1) is 45.7. The van der Waals surface area contributed by atoms with Crippen LogP contribution in [-0.2, 0) is 0 Å². The highest BCUT2D eigenvalue weighted by atomic mass is 32.1. The molecule has 0 bridgehead atoms. The molecule has 4 aliphatic rings. The third-order valence-electron chi connectivity index (χ3n) is 19.1. The molecule has 0 fully saturated rings. The lowest BCUT2D eigenvalue weighted by molar-refractivity contribution is 0.462. The fraction of sp³-hybridized carbons (Fsp3) is 0.0488. The minimum absolute atomic E-state index is 0.217. The molecule has 440 valence electrons. The number of ether oxygens (including phenoxy) is 4. The van der Waals surface area contributed by atoms with Gasteiger partial charge in [-0.2, -0.15) is 0 Å². The summed E-state index contributed by atoms with van der Waals surface area (Å²) < 4.78 is 39.8. The number of para-hydroxylation sites is 2. The first kappa shape index (κ1) is 53.4. The molecular weight excluding hydrogens is 1160 g/mol. The molecule has 93 heavy (non-hydrogen) atoms. The Bertz CT molecular complexity index is 5300. The lowest BCUT2D eigenvalue weighted by atomic mass is 9.36. The molecule has 12 aromatic carbocycles. The largest absolute Gasteiger partial charge is 0.468 e. The second kappa shape index (κ2) is 20.6. The minimum atomic E-state index is -0.385. The fourth-order valence-corrected chi connectivity index (χ4v) is 16.1. The number of anilines is 6. The van der Waals surface area contributed by atoms with E-state index in [1.54, 1.807) is 0 Å². The number of benzene rings is 12. The van der Waals surface area contributed by atoms with Gasteiger partial charge in [-0.05, 0) is 137 Å². The van der Waals surface area contributed by atoms with Crippen LogP contribution in [0.2, 0.25) is 0 Å². The summed E-state index contributed by atoms with van der Waals surface area (Å²) in [4.78, 5) is 6.01. The number of nitrogens with zero attached hydrogens (tertiary/aromatic N) is 3. The molecule has 11 heteroatoms. The Balaban J connectivity index is 0.884. The van der Waals surface area contributed by atoms with Gasteiger partial charge in [-0.15, -0.1) is 11.3 Å². The standard InChI is InChI=1S/C82H55B2N3O5S/c1-48-29-31-50(3)65(35-48)86-69-38-59(88-57-25-13-7-14-26-57)40-76-79(69)83(81-71(86)46-73(92-81)53-20-9-5-10-21-53)63-42-61-62-43-64-75(45-68(62)85(67(61)44-74(63)90-76)56-34-33-52-19-17-18-24-55(52)37-56)91-77-41-60(89-58-27-15-8-16-28-58)39-70-80(77)84(64)82-72(47-78(93-82)54-22-11-6-12-23-54)87(70)66-36-49(2)30-32-51(66)4/h5-47H,1-4H3. The maximum atomic E-state index is 7.53. The predicted molar refractivity (Wildman–Crippen MR) is 383 cm³/mol. The summed E-state index contributed by atoms with van der Waals surface area (Å²) in [6, 6.07) is 92.5. The molecule has 0 amide bonds. The summed E-state index contributed by atoms with van der Waals surface area (Å²) in [7, 11) is 0. The van der Waals surface area contributed by atoms with Crippen LogP contribution in [0.25, 0.3) is 60.0 Å². The van der Waals surface area contributed by atoms with Crippen molar-refractivity contribution >= 4 is 124 Å². The fourth-order valence-electron chi connectivity index (χ4n) is 14.8. The first-order valence-electron chi connectivity index (χ1n) is 31.7. The molecule has 0 saturated carbocycles. The summed E-state index contributed by atoms with van der Waals surface area (Å²) in [5.74, 6) is 6.57. The average Bonchev–Trinajstić information content (AvgIpc) is 1.67. The van der Waals surface area contributed by atoms with Crippen LogP contribution in [0, 0.1) is 27.7 Å². The molecule has 7 heterocycles. The Kier molecular flexibility index (Phi) is 11.8. The van der Waals surface area contributed by atoms with Crippen molar-refractivity contribution in [3.05, 3.63) is 283 Å². The molecule has 15 aromatic rings. The van der Waals surface area contributed by atoms with E-state index in [0.29, 0.717) is 17.2 Å². The van der Waals surface area contributed by atoms with E-state index in [4.69, 9.17) is 23.4 Å². The summed E-state index contributed by atoms with van der Waals surface area (Å²) >= 11 is 1.86. The number of fused-ring (bicyclic) bond motifs is 12. The Morgan fingerprint density at radius 1 is 0.376 bits per heavy atom. The number of aryl methyl sites for hydroxylation is 4. The number of thiophene rings is 1. The van der Waals surface area contributed by atoms with Crippen LogP contribution < -0.4 is 61.0 Å². The zero-order valence-electron chi connectivity index (χ0n) is 51.3. The van der Waals surface area contributed by atoms with E-state index >= 15 is 0 Å². The summed E-state index contributed by atoms with van der Waals surface area (Å²) in [5, 5.41) is 4.47. The van der Waals surface area contributed by atoms with Crippen LogP contribution in [-0.4, -0.2) is 18.0 Å². The van der Waals surface area contributed by atoms with Crippen LogP contribution >= 0.6 is 11.3 Å². The number of furan rings is 1. The molecule has 0 atom stereocenters. The van der Waals surface area contributed by atoms with Crippen LogP contribution in [0.3, 0.4) is 0 Å². The van der Waals surface area contributed by atoms with Gasteiger partial charge in [-0.1, -0.05) is 164 Å². The topological polar surface area (TPSA) is 61.5 Å². The highest BCUT2D eigenvalue weighted by molar-refractivity contribution is 7.31. The summed E-state index contributed by atoms with van der Waals surface area (Å²) in [6.07, 6.45) is 0. The van der Waals surface area contributed by atoms with Gasteiger partial charge in [0.1, 0.15) is 51.8 Å². The molecule has 0 spiro atoms. The monoisotopic (exact) mass is 1220 g/mol. The third-order valence-corrected chi connectivity index (χ3v) is 20.3. The highest BCUT2D eigenvalue weighted by Gasteiger charge is 2.48. The van der Waals surface area contributed by atoms with Crippen LogP contribution in [0.1, 0.15) is 22.3 Å². The molecule has 4 aliphatic heterocycles. The van der Waals surface area contributed by atoms with E-state index in [0.717, 1.165) is 157 Å². The van der Waals surface area contributed by atoms with E-state index in [1.165, 1.54) is 20.8 Å². The molecule has 0 unspecified atom stereocenters. The van der Waals surface area contributed by atoms with Gasteiger partial charge in [0.15, 0.2) is 0 Å². The lowest BCUT2D eigenvalue weighted by Gasteiger charge is -2.39. The normalized spacial score (nSPS) is 13.0. The van der Waals surface area contributed by atoms with Crippen molar-refractivity contribution in [3.8, 4) is 73.4 Å². The second-order valence-electron chi connectivity index (χ2n) is 25.0. The Hall–Kier alpha value is -11.4. The van der Waals surface area contributed by atoms with E-state index < -0.39 is 0 Å². The van der Waals surface area contributed by atoms with Crippen molar-refractivity contribution in [3.63, 3.8) is 0 Å². The van der Waals surface area contributed by atoms with E-state index in [1.807, 2.05) is 72.0 Å². The molecule has 19 rings (SSSR count). The number of rotatable bonds is 9. The number of aromatic nitrogens is 1. The Morgan fingerprint density at radius 2 is 0.892 bits per heavy atom. The van der Waals surface area contributed by atoms with Gasteiger partial charge in [0.05, 0.1) is 28.1 Å². The number of hydrogen-bond donors (Lipinski definition) is 0. The molecule has 8 nitrogen and oxygen atoms in total. The summed E-state index contributed by atoms with van der Waals surface area (Å²) in [6.45, 7) is 8.11. The van der Waals surface area contributed by atoms with E-state index in [9.17, 15) is 0 Å². The van der Waals surface area contributed by atoms with Crippen molar-refractivity contribution in [2.24, 2.45) is 0 Å². The number of hydrogen-bond acceptors (Lipinski definition) is 8. The van der Waals surface area contributed by atoms with E-state index in [2.05, 4.69) is 242 Å². The van der Waals surface area contributed by atoms with Crippen molar-refractivity contribution in [2.75, 3.05) is 9.80 Å². The molecule has 0 aliphatic carbocycles. The van der Waals surface area contributed by atoms with Gasteiger partial charge in [0.2, 0.25) is 0 Å². The smallest absolute Gasteiger partial charge is 0.301 e. The maximum absolute atomic E-state index is 7.53.